The quantitative estimate of drug-likeness (QED) is 0.588. The van der Waals surface area contributed by atoms with Crippen LogP contribution in [0.5, 0.6) is 0 Å². The van der Waals surface area contributed by atoms with Gasteiger partial charge in [-0.15, -0.1) is 13.2 Å². The van der Waals surface area contributed by atoms with Gasteiger partial charge in [-0.2, -0.15) is 0 Å². The summed E-state index contributed by atoms with van der Waals surface area (Å²) >= 11 is 0. The van der Waals surface area contributed by atoms with Gasteiger partial charge in [0.05, 0.1) is 6.10 Å². The van der Waals surface area contributed by atoms with Crippen LogP contribution in [0.4, 0.5) is 0 Å². The molecule has 10 heavy (non-hydrogen) atoms. The molecule has 1 atom stereocenters. The van der Waals surface area contributed by atoms with E-state index in [0.29, 0.717) is 0 Å². The van der Waals surface area contributed by atoms with Gasteiger partial charge in [0.15, 0.2) is 0 Å². The Balaban J connectivity index is 3.99. The molecule has 0 heterocycles. The normalized spacial score (nSPS) is 13.9. The average Bonchev–Trinajstić information content (AvgIpc) is 1.91. The van der Waals surface area contributed by atoms with E-state index >= 15 is 0 Å². The van der Waals surface area contributed by atoms with E-state index in [4.69, 9.17) is 0 Å². The van der Waals surface area contributed by atoms with Crippen molar-refractivity contribution >= 4 is 0 Å². The summed E-state index contributed by atoms with van der Waals surface area (Å²) in [5, 5.41) is 9.28. The van der Waals surface area contributed by atoms with Crippen LogP contribution in [0.1, 0.15) is 6.92 Å². The highest BCUT2D eigenvalue weighted by atomic mass is 16.3. The van der Waals surface area contributed by atoms with Crippen LogP contribution >= 0.6 is 0 Å². The molecule has 0 aliphatic heterocycles. The van der Waals surface area contributed by atoms with Gasteiger partial charge in [-0.25, -0.2) is 0 Å². The highest BCUT2D eigenvalue weighted by molar-refractivity contribution is 5.03. The predicted molar refractivity (Wildman–Crippen MR) is 44.7 cm³/mol. The first-order valence-corrected chi connectivity index (χ1v) is 3.32. The third kappa shape index (κ3) is 2.65. The largest absolute Gasteiger partial charge is 0.388 e. The molecule has 0 aromatic rings. The maximum Gasteiger partial charge on any atom is 0.0817 e. The zero-order valence-corrected chi connectivity index (χ0v) is 6.33. The van der Waals surface area contributed by atoms with E-state index in [1.54, 1.807) is 18.2 Å². The minimum atomic E-state index is -0.472. The molecule has 0 aromatic carbocycles. The third-order valence-electron chi connectivity index (χ3n) is 1.33. The van der Waals surface area contributed by atoms with Crippen molar-refractivity contribution in [2.75, 3.05) is 0 Å². The Labute approximate surface area is 62.4 Å². The molecular formula is C9H14O. The number of aliphatic hydroxyl groups is 1. The van der Waals surface area contributed by atoms with Gasteiger partial charge in [-0.3, -0.25) is 0 Å². The minimum Gasteiger partial charge on any atom is -0.388 e. The summed E-state index contributed by atoms with van der Waals surface area (Å²) in [6.07, 6.45) is 6.41. The highest BCUT2D eigenvalue weighted by Gasteiger charge is 2.06. The molecule has 0 rings (SSSR count). The third-order valence-corrected chi connectivity index (χ3v) is 1.33. The minimum absolute atomic E-state index is 0.0313. The molecule has 0 spiro atoms. The molecule has 0 aliphatic rings. The number of hydrogen-bond donors (Lipinski definition) is 1. The number of hydrogen-bond acceptors (Lipinski definition) is 1. The summed E-state index contributed by atoms with van der Waals surface area (Å²) in [5.74, 6) is -0.0313. The smallest absolute Gasteiger partial charge is 0.0817 e. The molecular weight excluding hydrogens is 124 g/mol. The van der Waals surface area contributed by atoms with E-state index in [0.717, 1.165) is 0 Å². The van der Waals surface area contributed by atoms with Gasteiger partial charge in [0.1, 0.15) is 0 Å². The van der Waals surface area contributed by atoms with Crippen LogP contribution in [0.25, 0.3) is 0 Å². The predicted octanol–water partition coefficient (Wildman–Crippen LogP) is 1.91. The van der Waals surface area contributed by atoms with Crippen LogP contribution in [-0.2, 0) is 0 Å². The van der Waals surface area contributed by atoms with Gasteiger partial charge in [-0.1, -0.05) is 24.3 Å². The Morgan fingerprint density at radius 1 is 1.30 bits per heavy atom. The Morgan fingerprint density at radius 2 is 1.80 bits per heavy atom. The Bertz CT molecular complexity index is 128. The number of aliphatic hydroxyl groups excluding tert-OH is 1. The van der Waals surface area contributed by atoms with Crippen molar-refractivity contribution < 1.29 is 5.11 Å². The van der Waals surface area contributed by atoms with Crippen LogP contribution < -0.4 is 0 Å². The van der Waals surface area contributed by atoms with Crippen LogP contribution in [0.2, 0.25) is 0 Å². The van der Waals surface area contributed by atoms with Gasteiger partial charge >= 0.3 is 0 Å². The SMILES string of the molecule is C=CC(C=C)C(O)/C=C/C. The van der Waals surface area contributed by atoms with Gasteiger partial charge in [0.2, 0.25) is 0 Å². The molecule has 1 N–H and O–H groups in total. The molecule has 0 fully saturated rings. The molecule has 0 bridgehead atoms. The second-order valence-electron chi connectivity index (χ2n) is 2.07. The summed E-state index contributed by atoms with van der Waals surface area (Å²) in [5.41, 5.74) is 0. The van der Waals surface area contributed by atoms with Crippen molar-refractivity contribution in [1.82, 2.24) is 0 Å². The highest BCUT2D eigenvalue weighted by Crippen LogP contribution is 2.06. The van der Waals surface area contributed by atoms with E-state index in [2.05, 4.69) is 13.2 Å². The van der Waals surface area contributed by atoms with Gasteiger partial charge in [-0.05, 0) is 6.92 Å². The van der Waals surface area contributed by atoms with E-state index in [1.165, 1.54) is 0 Å². The summed E-state index contributed by atoms with van der Waals surface area (Å²) in [6, 6.07) is 0. The van der Waals surface area contributed by atoms with E-state index in [-0.39, 0.29) is 5.92 Å². The maximum absolute atomic E-state index is 9.28. The van der Waals surface area contributed by atoms with E-state index in [1.807, 2.05) is 13.0 Å². The molecule has 0 aromatic heterocycles. The first-order valence-electron chi connectivity index (χ1n) is 3.32. The summed E-state index contributed by atoms with van der Waals surface area (Å²) in [7, 11) is 0. The fourth-order valence-corrected chi connectivity index (χ4v) is 0.701. The average molecular weight is 138 g/mol. The molecule has 0 saturated carbocycles. The summed E-state index contributed by atoms with van der Waals surface area (Å²) < 4.78 is 0. The van der Waals surface area contributed by atoms with Crippen molar-refractivity contribution in [2.24, 2.45) is 5.92 Å². The fraction of sp³-hybridized carbons (Fsp3) is 0.333. The number of rotatable bonds is 4. The number of allylic oxidation sites excluding steroid dienone is 1. The van der Waals surface area contributed by atoms with Crippen LogP contribution in [0, 0.1) is 5.92 Å². The molecule has 1 unspecified atom stereocenters. The van der Waals surface area contributed by atoms with Gasteiger partial charge in [0.25, 0.3) is 0 Å². The molecule has 1 heteroatoms. The van der Waals surface area contributed by atoms with E-state index < -0.39 is 6.10 Å². The zero-order valence-electron chi connectivity index (χ0n) is 6.33. The van der Waals surface area contributed by atoms with Gasteiger partial charge in [0, 0.05) is 5.92 Å². The molecule has 56 valence electrons. The lowest BCUT2D eigenvalue weighted by molar-refractivity contribution is 0.197. The topological polar surface area (TPSA) is 20.2 Å². The lowest BCUT2D eigenvalue weighted by Crippen LogP contribution is -2.12. The van der Waals surface area contributed by atoms with E-state index in [9.17, 15) is 5.11 Å². The van der Waals surface area contributed by atoms with Crippen molar-refractivity contribution in [3.8, 4) is 0 Å². The summed E-state index contributed by atoms with van der Waals surface area (Å²) in [6.45, 7) is 9.01. The van der Waals surface area contributed by atoms with Crippen LogP contribution in [0.15, 0.2) is 37.5 Å². The van der Waals surface area contributed by atoms with Crippen molar-refractivity contribution in [1.29, 1.82) is 0 Å². The second kappa shape index (κ2) is 5.00. The Morgan fingerprint density at radius 3 is 2.10 bits per heavy atom. The molecule has 0 radical (unpaired) electrons. The molecule has 0 aliphatic carbocycles. The first kappa shape index (κ1) is 9.18. The van der Waals surface area contributed by atoms with Crippen LogP contribution in [0.3, 0.4) is 0 Å². The monoisotopic (exact) mass is 138 g/mol. The Hall–Kier alpha value is -0.820. The second-order valence-corrected chi connectivity index (χ2v) is 2.07. The zero-order chi connectivity index (χ0) is 7.98. The Kier molecular flexibility index (Phi) is 4.59. The van der Waals surface area contributed by atoms with Crippen molar-refractivity contribution in [3.63, 3.8) is 0 Å². The molecule has 1 nitrogen and oxygen atoms in total. The lowest BCUT2D eigenvalue weighted by atomic mass is 10.0. The maximum atomic E-state index is 9.28. The van der Waals surface area contributed by atoms with Gasteiger partial charge < -0.3 is 5.11 Å². The van der Waals surface area contributed by atoms with Crippen molar-refractivity contribution in [3.05, 3.63) is 37.5 Å². The first-order chi connectivity index (χ1) is 4.76. The molecule has 0 amide bonds. The molecule has 0 saturated heterocycles. The van der Waals surface area contributed by atoms with Crippen molar-refractivity contribution in [2.45, 2.75) is 13.0 Å². The van der Waals surface area contributed by atoms with Crippen LogP contribution in [-0.4, -0.2) is 11.2 Å². The fourth-order valence-electron chi connectivity index (χ4n) is 0.701. The summed E-state index contributed by atoms with van der Waals surface area (Å²) in [4.78, 5) is 0. The lowest BCUT2D eigenvalue weighted by Gasteiger charge is -2.10. The standard InChI is InChI=1S/C9H14O/c1-4-7-9(10)8(5-2)6-3/h4-10H,2-3H2,1H3/b7-4+.